The first-order chi connectivity index (χ1) is 9.65. The van der Waals surface area contributed by atoms with Crippen LogP contribution in [0.25, 0.3) is 0 Å². The van der Waals surface area contributed by atoms with Gasteiger partial charge in [0.05, 0.1) is 11.4 Å². The minimum absolute atomic E-state index is 0.0124. The minimum atomic E-state index is -0.219. The first-order valence-electron chi connectivity index (χ1n) is 6.11. The highest BCUT2D eigenvalue weighted by atomic mass is 35.5. The van der Waals surface area contributed by atoms with Gasteiger partial charge in [0.1, 0.15) is 6.54 Å². The fourth-order valence-electron chi connectivity index (χ4n) is 2.16. The molecular formula is C15H11ClN2O2. The Bertz CT molecular complexity index is 683. The second-order valence-electron chi connectivity index (χ2n) is 4.46. The van der Waals surface area contributed by atoms with Crippen LogP contribution in [0.5, 0.6) is 0 Å². The maximum atomic E-state index is 12.5. The van der Waals surface area contributed by atoms with Gasteiger partial charge in [-0.1, -0.05) is 23.7 Å². The normalized spacial score (nSPS) is 13.7. The van der Waals surface area contributed by atoms with Crippen LogP contribution in [-0.2, 0) is 4.79 Å². The molecule has 4 nitrogen and oxygen atoms in total. The minimum Gasteiger partial charge on any atom is -0.323 e. The van der Waals surface area contributed by atoms with Gasteiger partial charge in [-0.2, -0.15) is 0 Å². The molecule has 2 aromatic carbocycles. The molecule has 2 amide bonds. The molecule has 0 saturated heterocycles. The Morgan fingerprint density at radius 1 is 1.10 bits per heavy atom. The van der Waals surface area contributed by atoms with Gasteiger partial charge in [0.15, 0.2) is 0 Å². The summed E-state index contributed by atoms with van der Waals surface area (Å²) in [6.45, 7) is 0.0124. The number of hydrogen-bond acceptors (Lipinski definition) is 2. The van der Waals surface area contributed by atoms with Gasteiger partial charge in [0.25, 0.3) is 5.91 Å². The van der Waals surface area contributed by atoms with Crippen molar-refractivity contribution in [1.82, 2.24) is 0 Å². The van der Waals surface area contributed by atoms with Crippen LogP contribution in [0.3, 0.4) is 0 Å². The first-order valence-corrected chi connectivity index (χ1v) is 6.49. The quantitative estimate of drug-likeness (QED) is 0.876. The van der Waals surface area contributed by atoms with Gasteiger partial charge >= 0.3 is 0 Å². The van der Waals surface area contributed by atoms with Gasteiger partial charge in [-0.15, -0.1) is 0 Å². The summed E-state index contributed by atoms with van der Waals surface area (Å²) in [5.41, 5.74) is 1.84. The Balaban J connectivity index is 1.99. The molecule has 0 atom stereocenters. The van der Waals surface area contributed by atoms with Crippen molar-refractivity contribution in [2.24, 2.45) is 0 Å². The number of para-hydroxylation sites is 2. The molecule has 0 radical (unpaired) electrons. The lowest BCUT2D eigenvalue weighted by Crippen LogP contribution is -2.42. The number of anilines is 2. The largest absolute Gasteiger partial charge is 0.323 e. The van der Waals surface area contributed by atoms with Crippen LogP contribution < -0.4 is 10.2 Å². The number of amides is 2. The van der Waals surface area contributed by atoms with E-state index in [2.05, 4.69) is 5.32 Å². The number of hydrogen-bond donors (Lipinski definition) is 1. The van der Waals surface area contributed by atoms with Crippen LogP contribution in [0.1, 0.15) is 10.4 Å². The van der Waals surface area contributed by atoms with Crippen molar-refractivity contribution in [1.29, 1.82) is 0 Å². The molecule has 1 N–H and O–H groups in total. The molecule has 0 unspecified atom stereocenters. The number of benzene rings is 2. The molecule has 0 fully saturated rings. The van der Waals surface area contributed by atoms with Gasteiger partial charge in [-0.3, -0.25) is 14.5 Å². The predicted molar refractivity (Wildman–Crippen MR) is 78.2 cm³/mol. The molecule has 0 bridgehead atoms. The smallest absolute Gasteiger partial charge is 0.258 e. The number of carbonyl (C=O) groups excluding carboxylic acids is 2. The molecule has 0 aromatic heterocycles. The fourth-order valence-corrected chi connectivity index (χ4v) is 2.29. The summed E-state index contributed by atoms with van der Waals surface area (Å²) in [7, 11) is 0. The summed E-state index contributed by atoms with van der Waals surface area (Å²) in [6.07, 6.45) is 0. The Kier molecular flexibility index (Phi) is 3.16. The lowest BCUT2D eigenvalue weighted by Gasteiger charge is -2.29. The van der Waals surface area contributed by atoms with Crippen molar-refractivity contribution >= 4 is 34.8 Å². The monoisotopic (exact) mass is 286 g/mol. The summed E-state index contributed by atoms with van der Waals surface area (Å²) < 4.78 is 0. The van der Waals surface area contributed by atoms with Crippen molar-refractivity contribution < 1.29 is 9.59 Å². The van der Waals surface area contributed by atoms with E-state index in [1.165, 1.54) is 4.90 Å². The Hall–Kier alpha value is -2.33. The van der Waals surface area contributed by atoms with Crippen molar-refractivity contribution in [3.05, 3.63) is 59.1 Å². The average Bonchev–Trinajstić information content (AvgIpc) is 2.46. The number of nitrogens with one attached hydrogen (secondary N) is 1. The van der Waals surface area contributed by atoms with Gasteiger partial charge < -0.3 is 5.32 Å². The lowest BCUT2D eigenvalue weighted by molar-refractivity contribution is -0.115. The van der Waals surface area contributed by atoms with Crippen LogP contribution in [0, 0.1) is 0 Å². The van der Waals surface area contributed by atoms with E-state index in [1.807, 2.05) is 18.2 Å². The van der Waals surface area contributed by atoms with E-state index >= 15 is 0 Å². The maximum absolute atomic E-state index is 12.5. The molecule has 5 heteroatoms. The molecule has 1 aliphatic heterocycles. The summed E-state index contributed by atoms with van der Waals surface area (Å²) in [5, 5.41) is 3.32. The van der Waals surface area contributed by atoms with Crippen LogP contribution in [0.15, 0.2) is 48.5 Å². The number of rotatable bonds is 1. The van der Waals surface area contributed by atoms with Crippen molar-refractivity contribution in [3.63, 3.8) is 0 Å². The molecule has 0 aliphatic carbocycles. The van der Waals surface area contributed by atoms with E-state index in [0.29, 0.717) is 22.0 Å². The van der Waals surface area contributed by atoms with Crippen LogP contribution in [-0.4, -0.2) is 18.4 Å². The van der Waals surface area contributed by atoms with Gasteiger partial charge in [0, 0.05) is 10.6 Å². The zero-order chi connectivity index (χ0) is 14.1. The Morgan fingerprint density at radius 3 is 2.55 bits per heavy atom. The number of nitrogens with zero attached hydrogens (tertiary/aromatic N) is 1. The molecule has 100 valence electrons. The zero-order valence-electron chi connectivity index (χ0n) is 10.5. The molecule has 3 rings (SSSR count). The number of fused-ring (bicyclic) bond motifs is 1. The van der Waals surface area contributed by atoms with E-state index < -0.39 is 0 Å². The highest BCUT2D eigenvalue weighted by molar-refractivity contribution is 6.30. The van der Waals surface area contributed by atoms with Crippen LogP contribution in [0.2, 0.25) is 5.02 Å². The standard InChI is InChI=1S/C15H11ClN2O2/c16-11-7-5-10(6-8-11)15(20)18-9-14(19)17-12-3-1-2-4-13(12)18/h1-8H,9H2,(H,17,19). The van der Waals surface area contributed by atoms with E-state index in [9.17, 15) is 9.59 Å². The van der Waals surface area contributed by atoms with E-state index in [-0.39, 0.29) is 18.4 Å². The molecule has 20 heavy (non-hydrogen) atoms. The van der Waals surface area contributed by atoms with Crippen LogP contribution >= 0.6 is 11.6 Å². The highest BCUT2D eigenvalue weighted by Gasteiger charge is 2.27. The Labute approximate surface area is 121 Å². The van der Waals surface area contributed by atoms with Gasteiger partial charge in [-0.25, -0.2) is 0 Å². The summed E-state index contributed by atoms with van der Waals surface area (Å²) in [5.74, 6) is -0.421. The third-order valence-electron chi connectivity index (χ3n) is 3.11. The zero-order valence-corrected chi connectivity index (χ0v) is 11.2. The van der Waals surface area contributed by atoms with E-state index in [0.717, 1.165) is 0 Å². The second-order valence-corrected chi connectivity index (χ2v) is 4.90. The molecule has 0 spiro atoms. The molecule has 1 aliphatic rings. The summed E-state index contributed by atoms with van der Waals surface area (Å²) in [4.78, 5) is 25.7. The first kappa shape index (κ1) is 12.7. The second kappa shape index (κ2) is 4.98. The van der Waals surface area contributed by atoms with E-state index in [1.54, 1.807) is 30.3 Å². The lowest BCUT2D eigenvalue weighted by atomic mass is 10.1. The van der Waals surface area contributed by atoms with Gasteiger partial charge in [0.2, 0.25) is 5.91 Å². The molecule has 0 saturated carbocycles. The predicted octanol–water partition coefficient (Wildman–Crippen LogP) is 2.94. The van der Waals surface area contributed by atoms with Crippen molar-refractivity contribution in [2.45, 2.75) is 0 Å². The number of halogens is 1. The SMILES string of the molecule is O=C1CN(C(=O)c2ccc(Cl)cc2)c2ccccc2N1. The summed E-state index contributed by atoms with van der Waals surface area (Å²) >= 11 is 5.82. The fraction of sp³-hybridized carbons (Fsp3) is 0.0667. The van der Waals surface area contributed by atoms with Crippen molar-refractivity contribution in [2.75, 3.05) is 16.8 Å². The average molecular weight is 287 g/mol. The van der Waals surface area contributed by atoms with Gasteiger partial charge in [-0.05, 0) is 36.4 Å². The Morgan fingerprint density at radius 2 is 1.80 bits per heavy atom. The molecular weight excluding hydrogens is 276 g/mol. The molecule has 2 aromatic rings. The topological polar surface area (TPSA) is 49.4 Å². The van der Waals surface area contributed by atoms with E-state index in [4.69, 9.17) is 11.6 Å². The molecule has 1 heterocycles. The maximum Gasteiger partial charge on any atom is 0.258 e. The highest BCUT2D eigenvalue weighted by Crippen LogP contribution is 2.30. The van der Waals surface area contributed by atoms with Crippen molar-refractivity contribution in [3.8, 4) is 0 Å². The van der Waals surface area contributed by atoms with Crippen LogP contribution in [0.4, 0.5) is 11.4 Å². The summed E-state index contributed by atoms with van der Waals surface area (Å²) in [6, 6.07) is 13.8. The third-order valence-corrected chi connectivity index (χ3v) is 3.36. The number of carbonyl (C=O) groups is 2. The third kappa shape index (κ3) is 2.26.